The summed E-state index contributed by atoms with van der Waals surface area (Å²) in [4.78, 5) is 12.0. The van der Waals surface area contributed by atoms with Crippen LogP contribution in [0.3, 0.4) is 0 Å². The monoisotopic (exact) mass is 448 g/mol. The molecule has 1 aromatic carbocycles. The number of carbonyl (C=O) groups excluding carboxylic acids is 1. The molecule has 0 spiro atoms. The van der Waals surface area contributed by atoms with Crippen LogP contribution < -0.4 is 4.74 Å². The number of aliphatic hydroxyl groups is 1. The first kappa shape index (κ1) is 22.2. The number of aryl methyl sites for hydroxylation is 1. The zero-order valence-electron chi connectivity index (χ0n) is 18.0. The molecule has 1 aliphatic carbocycles. The van der Waals surface area contributed by atoms with Gasteiger partial charge in [-0.2, -0.15) is 0 Å². The van der Waals surface area contributed by atoms with Gasteiger partial charge in [-0.05, 0) is 75.4 Å². The molecule has 0 radical (unpaired) electrons. The van der Waals surface area contributed by atoms with Gasteiger partial charge in [-0.1, -0.05) is 11.6 Å². The Bertz CT molecular complexity index is 923. The Morgan fingerprint density at radius 1 is 1.26 bits per heavy atom. The zero-order chi connectivity index (χ0) is 22.1. The van der Waals surface area contributed by atoms with E-state index in [1.165, 1.54) is 0 Å². The third kappa shape index (κ3) is 4.92. The summed E-state index contributed by atoms with van der Waals surface area (Å²) in [6, 6.07) is 8.98. The number of furan rings is 1. The summed E-state index contributed by atoms with van der Waals surface area (Å²) in [6.45, 7) is 5.97. The van der Waals surface area contributed by atoms with Gasteiger partial charge in [0.2, 0.25) is 5.76 Å². The van der Waals surface area contributed by atoms with Crippen molar-refractivity contribution in [3.8, 4) is 5.75 Å². The van der Waals surface area contributed by atoms with Crippen molar-refractivity contribution in [2.75, 3.05) is 6.61 Å². The number of hydrogen-bond acceptors (Lipinski definition) is 6. The maximum Gasteiger partial charge on any atom is 0.374 e. The summed E-state index contributed by atoms with van der Waals surface area (Å²) in [5.74, 6) is 1.32. The van der Waals surface area contributed by atoms with Crippen LogP contribution in [0.4, 0.5) is 0 Å². The first-order valence-electron chi connectivity index (χ1n) is 10.8. The Balaban J connectivity index is 1.36. The second kappa shape index (κ2) is 9.23. The molecule has 1 saturated heterocycles. The fourth-order valence-electron chi connectivity index (χ4n) is 4.58. The van der Waals surface area contributed by atoms with Gasteiger partial charge >= 0.3 is 5.97 Å². The molecular formula is C24H29ClO6. The average Bonchev–Trinajstić information content (AvgIpc) is 3.32. The lowest BCUT2D eigenvalue weighted by Gasteiger charge is -2.33. The van der Waals surface area contributed by atoms with Crippen molar-refractivity contribution in [1.29, 1.82) is 0 Å². The van der Waals surface area contributed by atoms with E-state index >= 15 is 0 Å². The van der Waals surface area contributed by atoms with Crippen LogP contribution in [0, 0.1) is 18.8 Å². The second-order valence-electron chi connectivity index (χ2n) is 8.75. The van der Waals surface area contributed by atoms with Crippen molar-refractivity contribution < 1.29 is 28.5 Å². The molecule has 0 amide bonds. The van der Waals surface area contributed by atoms with Crippen LogP contribution in [0.1, 0.15) is 61.1 Å². The number of aliphatic hydroxyl groups excluding tert-OH is 1. The predicted octanol–water partition coefficient (Wildman–Crippen LogP) is 5.10. The number of fused-ring (bicyclic) bond motifs is 1. The van der Waals surface area contributed by atoms with Crippen LogP contribution in [0.5, 0.6) is 5.75 Å². The van der Waals surface area contributed by atoms with Gasteiger partial charge < -0.3 is 23.7 Å². The van der Waals surface area contributed by atoms with Crippen LogP contribution in [-0.2, 0) is 9.47 Å². The summed E-state index contributed by atoms with van der Waals surface area (Å²) in [6.07, 6.45) is 1.25. The normalized spacial score (nSPS) is 27.9. The fraction of sp³-hybridized carbons (Fsp3) is 0.542. The lowest BCUT2D eigenvalue weighted by atomic mass is 9.86. The maximum absolute atomic E-state index is 12.0. The van der Waals surface area contributed by atoms with Crippen molar-refractivity contribution in [2.24, 2.45) is 11.8 Å². The summed E-state index contributed by atoms with van der Waals surface area (Å²) >= 11 is 6.08. The van der Waals surface area contributed by atoms with E-state index in [1.807, 2.05) is 25.1 Å². The number of rotatable bonds is 6. The molecule has 2 aliphatic rings. The Hall–Kier alpha value is -2.02. The van der Waals surface area contributed by atoms with Gasteiger partial charge in [-0.15, -0.1) is 0 Å². The highest BCUT2D eigenvalue weighted by atomic mass is 35.5. The van der Waals surface area contributed by atoms with E-state index in [-0.39, 0.29) is 35.9 Å². The molecule has 168 valence electrons. The van der Waals surface area contributed by atoms with E-state index in [1.54, 1.807) is 26.0 Å². The molecule has 6 nitrogen and oxygen atoms in total. The van der Waals surface area contributed by atoms with Crippen LogP contribution in [-0.4, -0.2) is 36.0 Å². The minimum Gasteiger partial charge on any atom is -0.493 e. The Kier molecular flexibility index (Phi) is 6.60. The third-order valence-electron chi connectivity index (χ3n) is 6.16. The summed E-state index contributed by atoms with van der Waals surface area (Å²) < 4.78 is 23.2. The molecule has 0 unspecified atom stereocenters. The number of benzene rings is 1. The standard InChI is InChI=1S/C24H29ClO6/c1-13(2)29-24(27)22-9-8-21(30-22)20-7-5-16-17(19(26)11-23(16)31-20)12-28-15-4-6-18(25)14(3)10-15/h4,6,8-10,13,16-17,19-20,23,26H,5,7,11-12H2,1-3H3/t16-,17-,19-,20-,23+/m1/s1. The summed E-state index contributed by atoms with van der Waals surface area (Å²) in [7, 11) is 0. The zero-order valence-corrected chi connectivity index (χ0v) is 18.8. The van der Waals surface area contributed by atoms with E-state index in [0.29, 0.717) is 23.8 Å². The van der Waals surface area contributed by atoms with Crippen molar-refractivity contribution >= 4 is 17.6 Å². The van der Waals surface area contributed by atoms with Crippen molar-refractivity contribution in [3.63, 3.8) is 0 Å². The Labute approximate surface area is 187 Å². The summed E-state index contributed by atoms with van der Waals surface area (Å²) in [5, 5.41) is 11.4. The molecule has 1 aliphatic heterocycles. The fourth-order valence-corrected chi connectivity index (χ4v) is 4.70. The van der Waals surface area contributed by atoms with Gasteiger partial charge in [0.1, 0.15) is 17.6 Å². The largest absolute Gasteiger partial charge is 0.493 e. The smallest absolute Gasteiger partial charge is 0.374 e. The molecule has 5 atom stereocenters. The van der Waals surface area contributed by atoms with Gasteiger partial charge in [0.15, 0.2) is 0 Å². The molecule has 1 N–H and O–H groups in total. The van der Waals surface area contributed by atoms with E-state index in [9.17, 15) is 9.90 Å². The van der Waals surface area contributed by atoms with Crippen molar-refractivity contribution in [3.05, 3.63) is 52.4 Å². The van der Waals surface area contributed by atoms with E-state index in [2.05, 4.69) is 0 Å². The molecule has 31 heavy (non-hydrogen) atoms. The molecule has 1 saturated carbocycles. The topological polar surface area (TPSA) is 78.1 Å². The average molecular weight is 449 g/mol. The van der Waals surface area contributed by atoms with Crippen LogP contribution in [0.15, 0.2) is 34.7 Å². The number of ether oxygens (including phenoxy) is 3. The van der Waals surface area contributed by atoms with Gasteiger partial charge in [-0.25, -0.2) is 4.79 Å². The highest BCUT2D eigenvalue weighted by Crippen LogP contribution is 2.46. The first-order chi connectivity index (χ1) is 14.8. The van der Waals surface area contributed by atoms with Crippen molar-refractivity contribution in [2.45, 2.75) is 64.4 Å². The lowest BCUT2D eigenvalue weighted by Crippen LogP contribution is -2.33. The molecule has 2 aromatic rings. The first-order valence-corrected chi connectivity index (χ1v) is 11.2. The van der Waals surface area contributed by atoms with Gasteiger partial charge in [0.05, 0.1) is 24.9 Å². The van der Waals surface area contributed by atoms with Crippen LogP contribution >= 0.6 is 11.6 Å². The number of esters is 1. The number of hydrogen-bond donors (Lipinski definition) is 1. The molecular weight excluding hydrogens is 420 g/mol. The molecule has 2 heterocycles. The second-order valence-corrected chi connectivity index (χ2v) is 9.16. The SMILES string of the molecule is Cc1cc(OC[C@@H]2[C@H]3CC[C@H](c4ccc(C(=O)OC(C)C)o4)O[C@H]3C[C@H]2O)ccc1Cl. The molecule has 2 fully saturated rings. The Morgan fingerprint density at radius 2 is 2.06 bits per heavy atom. The molecule has 1 aromatic heterocycles. The minimum atomic E-state index is -0.477. The molecule has 7 heteroatoms. The Morgan fingerprint density at radius 3 is 2.81 bits per heavy atom. The predicted molar refractivity (Wildman–Crippen MR) is 115 cm³/mol. The molecule has 0 bridgehead atoms. The van der Waals surface area contributed by atoms with Gasteiger partial charge in [0.25, 0.3) is 0 Å². The van der Waals surface area contributed by atoms with Crippen LogP contribution in [0.25, 0.3) is 0 Å². The molecule has 4 rings (SSSR count). The van der Waals surface area contributed by atoms with E-state index < -0.39 is 12.1 Å². The van der Waals surface area contributed by atoms with Crippen LogP contribution in [0.2, 0.25) is 5.02 Å². The van der Waals surface area contributed by atoms with Gasteiger partial charge in [-0.3, -0.25) is 0 Å². The lowest BCUT2D eigenvalue weighted by molar-refractivity contribution is -0.0892. The van der Waals surface area contributed by atoms with E-state index in [4.69, 9.17) is 30.2 Å². The highest BCUT2D eigenvalue weighted by molar-refractivity contribution is 6.31. The number of carbonyl (C=O) groups is 1. The van der Waals surface area contributed by atoms with E-state index in [0.717, 1.165) is 24.2 Å². The number of halogens is 1. The maximum atomic E-state index is 12.0. The minimum absolute atomic E-state index is 0.00937. The summed E-state index contributed by atoms with van der Waals surface area (Å²) in [5.41, 5.74) is 0.961. The van der Waals surface area contributed by atoms with Gasteiger partial charge in [0, 0.05) is 17.4 Å². The quantitative estimate of drug-likeness (QED) is 0.619. The van der Waals surface area contributed by atoms with Crippen molar-refractivity contribution in [1.82, 2.24) is 0 Å². The highest BCUT2D eigenvalue weighted by Gasteiger charge is 2.47. The third-order valence-corrected chi connectivity index (χ3v) is 6.58.